The molecule has 0 bridgehead atoms. The van der Waals surface area contributed by atoms with Crippen LogP contribution in [0.5, 0.6) is 0 Å². The molecule has 2 heterocycles. The van der Waals surface area contributed by atoms with Crippen molar-refractivity contribution >= 4 is 32.6 Å². The van der Waals surface area contributed by atoms with E-state index in [1.807, 2.05) is 35.0 Å². The first kappa shape index (κ1) is 18.7. The molecule has 5 heteroatoms. The Balaban J connectivity index is 1.73. The summed E-state index contributed by atoms with van der Waals surface area (Å²) in [7, 11) is 0. The van der Waals surface area contributed by atoms with E-state index in [0.717, 1.165) is 26.6 Å². The van der Waals surface area contributed by atoms with Crippen molar-refractivity contribution < 1.29 is 4.79 Å². The third-order valence-electron chi connectivity index (χ3n) is 5.06. The van der Waals surface area contributed by atoms with Crippen molar-refractivity contribution in [1.29, 1.82) is 0 Å². The molecule has 0 saturated heterocycles. The van der Waals surface area contributed by atoms with E-state index in [1.54, 1.807) is 6.20 Å². The summed E-state index contributed by atoms with van der Waals surface area (Å²) in [5, 5.41) is 1.15. The molecule has 1 atom stereocenters. The van der Waals surface area contributed by atoms with Gasteiger partial charge in [0.05, 0.1) is 0 Å². The van der Waals surface area contributed by atoms with Gasteiger partial charge in [0.15, 0.2) is 11.6 Å². The number of Topliss-reactive ketones (excluding diaryl/α,β-unsaturated/α-hetero) is 1. The Morgan fingerprint density at radius 1 is 1.14 bits per heavy atom. The number of carbonyl (C=O) groups is 1. The fourth-order valence-corrected chi connectivity index (χ4v) is 3.87. The van der Waals surface area contributed by atoms with E-state index in [1.165, 1.54) is 0 Å². The zero-order valence-electron chi connectivity index (χ0n) is 15.9. The van der Waals surface area contributed by atoms with Crippen molar-refractivity contribution in [2.45, 2.75) is 32.2 Å². The summed E-state index contributed by atoms with van der Waals surface area (Å²) in [5.41, 5.74) is 3.22. The minimum absolute atomic E-state index is 0.0466. The summed E-state index contributed by atoms with van der Waals surface area (Å²) < 4.78 is 2.96. The van der Waals surface area contributed by atoms with Crippen molar-refractivity contribution in [2.24, 2.45) is 0 Å². The van der Waals surface area contributed by atoms with Crippen molar-refractivity contribution in [3.05, 3.63) is 88.5 Å². The molecule has 0 aliphatic carbocycles. The molecular formula is C23H22BrN3O. The predicted molar refractivity (Wildman–Crippen MR) is 116 cm³/mol. The molecule has 0 unspecified atom stereocenters. The highest BCUT2D eigenvalue weighted by molar-refractivity contribution is 9.10. The SMILES string of the molecule is CC(C)n1ccnc1C(=O)C[C@@H](c1ccc(Br)cc1)c1cc2ccccc2[nH]1. The Bertz CT molecular complexity index is 1080. The number of benzene rings is 2. The predicted octanol–water partition coefficient (Wildman–Crippen LogP) is 6.11. The average molecular weight is 436 g/mol. The number of aromatic nitrogens is 3. The fraction of sp³-hybridized carbons (Fsp3) is 0.217. The molecule has 4 nitrogen and oxygen atoms in total. The number of nitrogens with zero attached hydrogens (tertiary/aromatic N) is 2. The van der Waals surface area contributed by atoms with Gasteiger partial charge < -0.3 is 9.55 Å². The smallest absolute Gasteiger partial charge is 0.199 e. The van der Waals surface area contributed by atoms with Crippen LogP contribution in [0.3, 0.4) is 0 Å². The zero-order valence-corrected chi connectivity index (χ0v) is 17.5. The summed E-state index contributed by atoms with van der Waals surface area (Å²) >= 11 is 3.50. The lowest BCUT2D eigenvalue weighted by atomic mass is 9.90. The second-order valence-electron chi connectivity index (χ2n) is 7.30. The Labute approximate surface area is 172 Å². The Morgan fingerprint density at radius 3 is 2.61 bits per heavy atom. The molecule has 0 amide bonds. The minimum Gasteiger partial charge on any atom is -0.358 e. The maximum absolute atomic E-state index is 13.2. The van der Waals surface area contributed by atoms with Crippen LogP contribution < -0.4 is 0 Å². The number of hydrogen-bond donors (Lipinski definition) is 1. The summed E-state index contributed by atoms with van der Waals surface area (Å²) in [4.78, 5) is 21.0. The second-order valence-corrected chi connectivity index (χ2v) is 8.21. The Morgan fingerprint density at radius 2 is 1.89 bits per heavy atom. The number of nitrogens with one attached hydrogen (secondary N) is 1. The number of halogens is 1. The Kier molecular flexibility index (Phi) is 5.18. The number of H-pyrrole nitrogens is 1. The lowest BCUT2D eigenvalue weighted by Crippen LogP contribution is -2.15. The van der Waals surface area contributed by atoms with Gasteiger partial charge in [0, 0.05) is 46.5 Å². The van der Waals surface area contributed by atoms with Crippen LogP contribution >= 0.6 is 15.9 Å². The van der Waals surface area contributed by atoms with Gasteiger partial charge in [0.25, 0.3) is 0 Å². The van der Waals surface area contributed by atoms with Gasteiger partial charge >= 0.3 is 0 Å². The number of imidazole rings is 1. The van der Waals surface area contributed by atoms with Gasteiger partial charge in [-0.25, -0.2) is 4.98 Å². The van der Waals surface area contributed by atoms with E-state index < -0.39 is 0 Å². The number of rotatable bonds is 6. The normalized spacial score (nSPS) is 12.6. The quantitative estimate of drug-likeness (QED) is 0.371. The number of aromatic amines is 1. The summed E-state index contributed by atoms with van der Waals surface area (Å²) in [5.74, 6) is 0.504. The van der Waals surface area contributed by atoms with Crippen LogP contribution in [0.25, 0.3) is 10.9 Å². The largest absolute Gasteiger partial charge is 0.358 e. The van der Waals surface area contributed by atoms with Gasteiger partial charge in [-0.2, -0.15) is 0 Å². The highest BCUT2D eigenvalue weighted by Gasteiger charge is 2.24. The molecule has 0 radical (unpaired) electrons. The summed E-state index contributed by atoms with van der Waals surface area (Å²) in [6.45, 7) is 4.12. The van der Waals surface area contributed by atoms with E-state index in [4.69, 9.17) is 0 Å². The highest BCUT2D eigenvalue weighted by Crippen LogP contribution is 2.32. The molecule has 0 saturated carbocycles. The van der Waals surface area contributed by atoms with Crippen molar-refractivity contribution in [3.63, 3.8) is 0 Å². The first-order valence-corrected chi connectivity index (χ1v) is 10.2. The molecule has 28 heavy (non-hydrogen) atoms. The molecule has 2 aromatic heterocycles. The van der Waals surface area contributed by atoms with E-state index in [2.05, 4.69) is 70.1 Å². The lowest BCUT2D eigenvalue weighted by molar-refractivity contribution is 0.0961. The first-order chi connectivity index (χ1) is 13.5. The van der Waals surface area contributed by atoms with E-state index in [-0.39, 0.29) is 17.7 Å². The van der Waals surface area contributed by atoms with Crippen LogP contribution in [0.1, 0.15) is 54.1 Å². The minimum atomic E-state index is -0.0645. The standard InChI is InChI=1S/C23H22BrN3O/c1-15(2)27-12-11-25-23(27)22(28)14-19(16-7-9-18(24)10-8-16)21-13-17-5-3-4-6-20(17)26-21/h3-13,15,19,26H,14H2,1-2H3/t19-/m0/s1. The van der Waals surface area contributed by atoms with Crippen molar-refractivity contribution in [1.82, 2.24) is 14.5 Å². The number of para-hydroxylation sites is 1. The summed E-state index contributed by atoms with van der Waals surface area (Å²) in [6.07, 6.45) is 3.93. The summed E-state index contributed by atoms with van der Waals surface area (Å²) in [6, 6.07) is 18.7. The van der Waals surface area contributed by atoms with Crippen LogP contribution in [-0.2, 0) is 0 Å². The molecule has 0 fully saturated rings. The number of hydrogen-bond acceptors (Lipinski definition) is 2. The van der Waals surface area contributed by atoms with Gasteiger partial charge in [-0.15, -0.1) is 0 Å². The zero-order chi connectivity index (χ0) is 19.7. The topological polar surface area (TPSA) is 50.7 Å². The number of fused-ring (bicyclic) bond motifs is 1. The number of ketones is 1. The maximum atomic E-state index is 13.2. The number of carbonyl (C=O) groups excluding carboxylic acids is 1. The van der Waals surface area contributed by atoms with Crippen molar-refractivity contribution in [2.75, 3.05) is 0 Å². The van der Waals surface area contributed by atoms with E-state index in [9.17, 15) is 4.79 Å². The lowest BCUT2D eigenvalue weighted by Gasteiger charge is -2.17. The molecule has 4 aromatic rings. The van der Waals surface area contributed by atoms with Gasteiger partial charge in [0.2, 0.25) is 0 Å². The molecule has 0 aliphatic rings. The van der Waals surface area contributed by atoms with Gasteiger partial charge in [-0.1, -0.05) is 46.3 Å². The molecule has 0 aliphatic heterocycles. The molecule has 142 valence electrons. The van der Waals surface area contributed by atoms with Gasteiger partial charge in [-0.05, 0) is 49.1 Å². The first-order valence-electron chi connectivity index (χ1n) is 9.42. The average Bonchev–Trinajstić information content (AvgIpc) is 3.33. The third-order valence-corrected chi connectivity index (χ3v) is 5.59. The van der Waals surface area contributed by atoms with Crippen molar-refractivity contribution in [3.8, 4) is 0 Å². The van der Waals surface area contributed by atoms with Crippen LogP contribution in [0, 0.1) is 0 Å². The fourth-order valence-electron chi connectivity index (χ4n) is 3.61. The second kappa shape index (κ2) is 7.76. The molecule has 0 spiro atoms. The highest BCUT2D eigenvalue weighted by atomic mass is 79.9. The molecule has 2 aromatic carbocycles. The Hall–Kier alpha value is -2.66. The molecule has 4 rings (SSSR count). The van der Waals surface area contributed by atoms with Crippen LogP contribution in [0.4, 0.5) is 0 Å². The maximum Gasteiger partial charge on any atom is 0.199 e. The molecular weight excluding hydrogens is 414 g/mol. The van der Waals surface area contributed by atoms with Gasteiger partial charge in [-0.3, -0.25) is 4.79 Å². The monoisotopic (exact) mass is 435 g/mol. The van der Waals surface area contributed by atoms with Gasteiger partial charge in [0.1, 0.15) is 0 Å². The third kappa shape index (κ3) is 3.67. The van der Waals surface area contributed by atoms with Crippen LogP contribution in [-0.4, -0.2) is 20.3 Å². The van der Waals surface area contributed by atoms with E-state index >= 15 is 0 Å². The van der Waals surface area contributed by atoms with Crippen LogP contribution in [0.2, 0.25) is 0 Å². The molecule has 1 N–H and O–H groups in total. The van der Waals surface area contributed by atoms with E-state index in [0.29, 0.717) is 12.2 Å². The van der Waals surface area contributed by atoms with Crippen LogP contribution in [0.15, 0.2) is 71.5 Å².